The van der Waals surface area contributed by atoms with E-state index in [-0.39, 0.29) is 5.56 Å². The smallest absolute Gasteiger partial charge is 0.212 e. The molecule has 0 saturated carbocycles. The minimum Gasteiger partial charge on any atom is -0.481 e. The maximum atomic E-state index is 13.5. The van der Waals surface area contributed by atoms with Crippen LogP contribution in [0.15, 0.2) is 36.5 Å². The van der Waals surface area contributed by atoms with Crippen LogP contribution in [0.2, 0.25) is 0 Å². The monoisotopic (exact) mass is 251 g/mol. The summed E-state index contributed by atoms with van der Waals surface area (Å²) in [4.78, 5) is 3.88. The number of ether oxygens (including phenoxy) is 1. The first-order chi connectivity index (χ1) is 8.63. The van der Waals surface area contributed by atoms with E-state index in [0.29, 0.717) is 11.4 Å². The van der Waals surface area contributed by atoms with Gasteiger partial charge in [-0.15, -0.1) is 0 Å². The third kappa shape index (κ3) is 2.31. The predicted octanol–water partition coefficient (Wildman–Crippen LogP) is 2.45. The van der Waals surface area contributed by atoms with Crippen LogP contribution in [0, 0.1) is 11.6 Å². The van der Waals surface area contributed by atoms with E-state index in [9.17, 15) is 13.9 Å². The fourth-order valence-corrected chi connectivity index (χ4v) is 1.61. The standard InChI is InChI=1S/C13H11F2NO2/c1-18-11-6-5-8(7-16-11)13(17)12-9(14)3-2-4-10(12)15/h2-7,13,17H,1H3. The van der Waals surface area contributed by atoms with Gasteiger partial charge in [-0.1, -0.05) is 6.07 Å². The molecule has 0 amide bonds. The minimum atomic E-state index is -1.40. The van der Waals surface area contributed by atoms with Crippen molar-refractivity contribution >= 4 is 0 Å². The normalized spacial score (nSPS) is 12.2. The van der Waals surface area contributed by atoms with Gasteiger partial charge in [0, 0.05) is 17.8 Å². The molecule has 0 spiro atoms. The predicted molar refractivity (Wildman–Crippen MR) is 61.2 cm³/mol. The summed E-state index contributed by atoms with van der Waals surface area (Å²) in [5.74, 6) is -1.23. The molecule has 0 saturated heterocycles. The van der Waals surface area contributed by atoms with Gasteiger partial charge in [0.05, 0.1) is 12.7 Å². The second-order valence-electron chi connectivity index (χ2n) is 3.67. The number of hydrogen-bond donors (Lipinski definition) is 1. The molecule has 1 N–H and O–H groups in total. The molecule has 3 nitrogen and oxygen atoms in total. The van der Waals surface area contributed by atoms with Gasteiger partial charge >= 0.3 is 0 Å². The lowest BCUT2D eigenvalue weighted by Crippen LogP contribution is -2.06. The highest BCUT2D eigenvalue weighted by atomic mass is 19.1. The summed E-state index contributed by atoms with van der Waals surface area (Å²) in [6.45, 7) is 0. The summed E-state index contributed by atoms with van der Waals surface area (Å²) in [5.41, 5.74) is -0.0933. The van der Waals surface area contributed by atoms with Crippen LogP contribution in [0.1, 0.15) is 17.2 Å². The maximum absolute atomic E-state index is 13.5. The largest absolute Gasteiger partial charge is 0.481 e. The molecule has 1 heterocycles. The van der Waals surface area contributed by atoms with Crippen LogP contribution in [0.3, 0.4) is 0 Å². The Bertz CT molecular complexity index is 523. The van der Waals surface area contributed by atoms with Crippen molar-refractivity contribution in [1.29, 1.82) is 0 Å². The topological polar surface area (TPSA) is 42.4 Å². The number of aliphatic hydroxyl groups is 1. The first-order valence-electron chi connectivity index (χ1n) is 5.25. The van der Waals surface area contributed by atoms with Crippen molar-refractivity contribution in [2.24, 2.45) is 0 Å². The molecule has 2 rings (SSSR count). The van der Waals surface area contributed by atoms with Crippen LogP contribution in [-0.2, 0) is 0 Å². The summed E-state index contributed by atoms with van der Waals surface area (Å²) in [6, 6.07) is 6.45. The average molecular weight is 251 g/mol. The van der Waals surface area contributed by atoms with Gasteiger partial charge in [-0.3, -0.25) is 0 Å². The average Bonchev–Trinajstić information content (AvgIpc) is 2.38. The zero-order valence-corrected chi connectivity index (χ0v) is 9.60. The van der Waals surface area contributed by atoms with Crippen molar-refractivity contribution in [1.82, 2.24) is 4.98 Å². The van der Waals surface area contributed by atoms with Gasteiger partial charge in [0.15, 0.2) is 0 Å². The Kier molecular flexibility index (Phi) is 3.53. The Balaban J connectivity index is 2.38. The van der Waals surface area contributed by atoms with Crippen LogP contribution >= 0.6 is 0 Å². The van der Waals surface area contributed by atoms with Gasteiger partial charge < -0.3 is 9.84 Å². The van der Waals surface area contributed by atoms with Gasteiger partial charge in [0.1, 0.15) is 17.7 Å². The zero-order chi connectivity index (χ0) is 13.1. The van der Waals surface area contributed by atoms with E-state index < -0.39 is 17.7 Å². The molecule has 1 atom stereocenters. The molecule has 0 aliphatic rings. The lowest BCUT2D eigenvalue weighted by atomic mass is 10.0. The fourth-order valence-electron chi connectivity index (χ4n) is 1.61. The minimum absolute atomic E-state index is 0.291. The van der Waals surface area contributed by atoms with Crippen molar-refractivity contribution in [3.05, 3.63) is 59.3 Å². The Morgan fingerprint density at radius 3 is 2.33 bits per heavy atom. The van der Waals surface area contributed by atoms with Crippen molar-refractivity contribution < 1.29 is 18.6 Å². The summed E-state index contributed by atoms with van der Waals surface area (Å²) < 4.78 is 31.8. The molecule has 94 valence electrons. The SMILES string of the molecule is COc1ccc(C(O)c2c(F)cccc2F)cn1. The van der Waals surface area contributed by atoms with Crippen LogP contribution in [0.5, 0.6) is 5.88 Å². The van der Waals surface area contributed by atoms with E-state index in [1.807, 2.05) is 0 Å². The van der Waals surface area contributed by atoms with E-state index in [2.05, 4.69) is 4.98 Å². The Labute approximate surface area is 103 Å². The Hall–Kier alpha value is -2.01. The van der Waals surface area contributed by atoms with Gasteiger partial charge in [0.25, 0.3) is 0 Å². The number of halogens is 2. The first-order valence-corrected chi connectivity index (χ1v) is 5.25. The number of nitrogens with zero attached hydrogens (tertiary/aromatic N) is 1. The van der Waals surface area contributed by atoms with Crippen LogP contribution < -0.4 is 4.74 Å². The molecule has 2 aromatic rings. The molecule has 1 aromatic carbocycles. The number of methoxy groups -OCH3 is 1. The van der Waals surface area contributed by atoms with Gasteiger partial charge in [-0.05, 0) is 18.2 Å². The number of hydrogen-bond acceptors (Lipinski definition) is 3. The van der Waals surface area contributed by atoms with Crippen molar-refractivity contribution in [3.8, 4) is 5.88 Å². The quantitative estimate of drug-likeness (QED) is 0.911. The molecule has 0 fully saturated rings. The Morgan fingerprint density at radius 2 is 1.83 bits per heavy atom. The van der Waals surface area contributed by atoms with E-state index in [1.165, 1.54) is 31.5 Å². The second kappa shape index (κ2) is 5.10. The van der Waals surface area contributed by atoms with Gasteiger partial charge in [-0.2, -0.15) is 0 Å². The summed E-state index contributed by atoms with van der Waals surface area (Å²) in [7, 11) is 1.45. The third-order valence-corrected chi connectivity index (χ3v) is 2.56. The number of aliphatic hydroxyl groups excluding tert-OH is 1. The number of aromatic nitrogens is 1. The van der Waals surface area contributed by atoms with Gasteiger partial charge in [-0.25, -0.2) is 13.8 Å². The van der Waals surface area contributed by atoms with E-state index in [0.717, 1.165) is 12.1 Å². The molecule has 18 heavy (non-hydrogen) atoms. The van der Waals surface area contributed by atoms with Crippen LogP contribution in [0.25, 0.3) is 0 Å². The second-order valence-corrected chi connectivity index (χ2v) is 3.67. The van der Waals surface area contributed by atoms with Crippen molar-refractivity contribution in [2.45, 2.75) is 6.10 Å². The van der Waals surface area contributed by atoms with Crippen molar-refractivity contribution in [2.75, 3.05) is 7.11 Å². The molecule has 0 bridgehead atoms. The Morgan fingerprint density at radius 1 is 1.17 bits per heavy atom. The van der Waals surface area contributed by atoms with Crippen LogP contribution in [-0.4, -0.2) is 17.2 Å². The third-order valence-electron chi connectivity index (χ3n) is 2.56. The number of pyridine rings is 1. The fraction of sp³-hybridized carbons (Fsp3) is 0.154. The highest BCUT2D eigenvalue weighted by Gasteiger charge is 2.19. The lowest BCUT2D eigenvalue weighted by Gasteiger charge is -2.13. The van der Waals surface area contributed by atoms with Gasteiger partial charge in [0.2, 0.25) is 5.88 Å². The zero-order valence-electron chi connectivity index (χ0n) is 9.60. The summed E-state index contributed by atoms with van der Waals surface area (Å²) >= 11 is 0. The molecule has 0 radical (unpaired) electrons. The highest BCUT2D eigenvalue weighted by Crippen LogP contribution is 2.26. The summed E-state index contributed by atoms with van der Waals surface area (Å²) in [5, 5.41) is 9.96. The molecule has 5 heteroatoms. The molecule has 1 aromatic heterocycles. The highest BCUT2D eigenvalue weighted by molar-refractivity contribution is 5.31. The van der Waals surface area contributed by atoms with Crippen LogP contribution in [0.4, 0.5) is 8.78 Å². The molecular formula is C13H11F2NO2. The molecule has 1 unspecified atom stereocenters. The molecule has 0 aliphatic heterocycles. The number of rotatable bonds is 3. The van der Waals surface area contributed by atoms with Crippen molar-refractivity contribution in [3.63, 3.8) is 0 Å². The van der Waals surface area contributed by atoms with E-state index in [1.54, 1.807) is 0 Å². The van der Waals surface area contributed by atoms with E-state index in [4.69, 9.17) is 4.74 Å². The number of benzene rings is 1. The molecule has 0 aliphatic carbocycles. The summed E-state index contributed by atoms with van der Waals surface area (Å²) in [6.07, 6.45) is -0.0837. The van der Waals surface area contributed by atoms with E-state index >= 15 is 0 Å². The lowest BCUT2D eigenvalue weighted by molar-refractivity contribution is 0.208. The molecular weight excluding hydrogens is 240 g/mol. The maximum Gasteiger partial charge on any atom is 0.212 e. The first kappa shape index (κ1) is 12.4.